The first-order valence-electron chi connectivity index (χ1n) is 9.28. The summed E-state index contributed by atoms with van der Waals surface area (Å²) in [5.41, 5.74) is 9.04. The Hall–Kier alpha value is -3.47. The Balaban J connectivity index is 1.96. The van der Waals surface area contributed by atoms with Gasteiger partial charge in [0.25, 0.3) is 0 Å². The smallest absolute Gasteiger partial charge is 0.309 e. The summed E-state index contributed by atoms with van der Waals surface area (Å²) in [4.78, 5) is 12.7. The molecular weight excluding hydrogens is 352 g/mol. The minimum absolute atomic E-state index is 0.144. The van der Waals surface area contributed by atoms with Gasteiger partial charge in [0.1, 0.15) is 5.58 Å². The average molecular weight is 376 g/mol. The number of amides is 1. The molecule has 5 nitrogen and oxygen atoms in total. The molecule has 0 atom stereocenters. The summed E-state index contributed by atoms with van der Waals surface area (Å²) in [7, 11) is 0. The first kappa shape index (κ1) is 19.3. The van der Waals surface area contributed by atoms with Crippen LogP contribution in [0.3, 0.4) is 0 Å². The molecule has 0 bridgehead atoms. The van der Waals surface area contributed by atoms with Crippen LogP contribution in [0.4, 0.5) is 0 Å². The molecule has 0 unspecified atom stereocenters. The summed E-state index contributed by atoms with van der Waals surface area (Å²) in [5.74, 6) is 0.192. The lowest BCUT2D eigenvalue weighted by Crippen LogP contribution is -2.36. The molecule has 28 heavy (non-hydrogen) atoms. The van der Waals surface area contributed by atoms with Crippen LogP contribution in [-0.2, 0) is 0 Å². The summed E-state index contributed by atoms with van der Waals surface area (Å²) >= 11 is 0. The number of benzene rings is 2. The van der Waals surface area contributed by atoms with Gasteiger partial charge in [0.15, 0.2) is 5.75 Å². The molecule has 0 aliphatic heterocycles. The largest absolute Gasteiger partial charge is 0.489 e. The lowest BCUT2D eigenvalue weighted by atomic mass is 10.0. The Morgan fingerprint density at radius 2 is 1.86 bits per heavy atom. The normalized spacial score (nSPS) is 11.8. The van der Waals surface area contributed by atoms with E-state index in [1.807, 2.05) is 87.5 Å². The predicted octanol–water partition coefficient (Wildman–Crippen LogP) is 5.21. The van der Waals surface area contributed by atoms with Crippen molar-refractivity contribution in [2.24, 2.45) is 0 Å². The Labute approximate surface area is 164 Å². The fourth-order valence-electron chi connectivity index (χ4n) is 2.90. The van der Waals surface area contributed by atoms with E-state index in [1.165, 1.54) is 0 Å². The zero-order valence-corrected chi connectivity index (χ0v) is 16.3. The van der Waals surface area contributed by atoms with Crippen LogP contribution < -0.4 is 15.6 Å². The van der Waals surface area contributed by atoms with Crippen LogP contribution in [0, 0.1) is 0 Å². The summed E-state index contributed by atoms with van der Waals surface area (Å²) in [5, 5.41) is 0.771. The first-order chi connectivity index (χ1) is 13.7. The molecule has 0 saturated carbocycles. The SMILES string of the molecule is C/C=C\C(=C/C)NNC(=O)c1oc2ccc(-c3ccccc3)cc2c1OCC. The van der Waals surface area contributed by atoms with Crippen LogP contribution in [0.25, 0.3) is 22.1 Å². The summed E-state index contributed by atoms with van der Waals surface area (Å²) in [6.07, 6.45) is 5.59. The number of carbonyl (C=O) groups excluding carboxylic acids is 1. The second-order valence-corrected chi connectivity index (χ2v) is 6.09. The van der Waals surface area contributed by atoms with Gasteiger partial charge in [0, 0.05) is 5.70 Å². The molecule has 0 aliphatic carbocycles. The number of hydrogen-bond donors (Lipinski definition) is 2. The number of rotatable bonds is 7. The Kier molecular flexibility index (Phi) is 6.17. The predicted molar refractivity (Wildman–Crippen MR) is 112 cm³/mol. The lowest BCUT2D eigenvalue weighted by Gasteiger charge is -2.09. The van der Waals surface area contributed by atoms with Crippen molar-refractivity contribution in [3.8, 4) is 16.9 Å². The molecule has 1 heterocycles. The van der Waals surface area contributed by atoms with Crippen molar-refractivity contribution in [1.29, 1.82) is 0 Å². The number of carbonyl (C=O) groups is 1. The van der Waals surface area contributed by atoms with Gasteiger partial charge in [-0.15, -0.1) is 0 Å². The van der Waals surface area contributed by atoms with Gasteiger partial charge in [-0.05, 0) is 50.1 Å². The summed E-state index contributed by atoms with van der Waals surface area (Å²) < 4.78 is 11.6. The second kappa shape index (κ2) is 8.95. The molecule has 0 radical (unpaired) electrons. The maximum absolute atomic E-state index is 12.7. The molecule has 0 spiro atoms. The first-order valence-corrected chi connectivity index (χ1v) is 9.28. The molecule has 144 valence electrons. The highest BCUT2D eigenvalue weighted by atomic mass is 16.5. The van der Waals surface area contributed by atoms with Crippen LogP contribution in [-0.4, -0.2) is 12.5 Å². The maximum Gasteiger partial charge on any atom is 0.309 e. The van der Waals surface area contributed by atoms with Crippen molar-refractivity contribution in [2.45, 2.75) is 20.8 Å². The van der Waals surface area contributed by atoms with E-state index in [4.69, 9.17) is 9.15 Å². The van der Waals surface area contributed by atoms with E-state index < -0.39 is 5.91 Å². The van der Waals surface area contributed by atoms with Crippen LogP contribution in [0.1, 0.15) is 31.3 Å². The van der Waals surface area contributed by atoms with Gasteiger partial charge < -0.3 is 9.15 Å². The number of hydrazine groups is 1. The number of furan rings is 1. The molecule has 0 saturated heterocycles. The monoisotopic (exact) mass is 376 g/mol. The Bertz CT molecular complexity index is 1020. The third-order valence-electron chi connectivity index (χ3n) is 4.22. The molecule has 3 rings (SSSR count). The van der Waals surface area contributed by atoms with Crippen molar-refractivity contribution < 1.29 is 13.9 Å². The van der Waals surface area contributed by atoms with Crippen molar-refractivity contribution >= 4 is 16.9 Å². The molecule has 0 aliphatic rings. The van der Waals surface area contributed by atoms with Crippen molar-refractivity contribution in [3.05, 3.63) is 78.2 Å². The Morgan fingerprint density at radius 1 is 1.07 bits per heavy atom. The average Bonchev–Trinajstić information content (AvgIpc) is 3.09. The van der Waals surface area contributed by atoms with Crippen LogP contribution in [0.5, 0.6) is 5.75 Å². The maximum atomic E-state index is 12.7. The van der Waals surface area contributed by atoms with Gasteiger partial charge in [-0.1, -0.05) is 48.6 Å². The molecule has 1 aromatic heterocycles. The second-order valence-electron chi connectivity index (χ2n) is 6.09. The zero-order chi connectivity index (χ0) is 19.9. The van der Waals surface area contributed by atoms with Gasteiger partial charge in [-0.2, -0.15) is 0 Å². The van der Waals surface area contributed by atoms with Crippen molar-refractivity contribution in [2.75, 3.05) is 6.61 Å². The standard InChI is InChI=1S/C23H24N2O3/c1-4-10-18(5-2)24-25-23(26)22-21(27-6-3)19-15-17(13-14-20(19)28-22)16-11-8-7-9-12-16/h4-5,7-15,24H,6H2,1-3H3,(H,25,26)/b10-4-,18-5+. The highest BCUT2D eigenvalue weighted by Crippen LogP contribution is 2.36. The summed E-state index contributed by atoms with van der Waals surface area (Å²) in [6.45, 7) is 6.09. The number of ether oxygens (including phenoxy) is 1. The van der Waals surface area contributed by atoms with Crippen LogP contribution in [0.2, 0.25) is 0 Å². The Morgan fingerprint density at radius 3 is 2.54 bits per heavy atom. The van der Waals surface area contributed by atoms with Gasteiger partial charge in [-0.25, -0.2) is 0 Å². The number of allylic oxidation sites excluding steroid dienone is 3. The molecule has 3 aromatic rings. The number of nitrogens with one attached hydrogen (secondary N) is 2. The molecule has 2 aromatic carbocycles. The third-order valence-corrected chi connectivity index (χ3v) is 4.22. The van der Waals surface area contributed by atoms with Crippen LogP contribution in [0.15, 0.2) is 76.9 Å². The summed E-state index contributed by atoms with van der Waals surface area (Å²) in [6, 6.07) is 15.9. The molecule has 1 amide bonds. The van der Waals surface area contributed by atoms with E-state index in [2.05, 4.69) is 10.9 Å². The molecule has 0 fully saturated rings. The molecule has 5 heteroatoms. The molecular formula is C23H24N2O3. The van der Waals surface area contributed by atoms with E-state index in [0.717, 1.165) is 22.2 Å². The zero-order valence-electron chi connectivity index (χ0n) is 16.3. The van der Waals surface area contributed by atoms with Crippen molar-refractivity contribution in [1.82, 2.24) is 10.9 Å². The lowest BCUT2D eigenvalue weighted by molar-refractivity contribution is 0.0908. The third kappa shape index (κ3) is 4.09. The molecule has 2 N–H and O–H groups in total. The van der Waals surface area contributed by atoms with Gasteiger partial charge in [-0.3, -0.25) is 15.6 Å². The van der Waals surface area contributed by atoms with Crippen LogP contribution >= 0.6 is 0 Å². The van der Waals surface area contributed by atoms with Gasteiger partial charge in [0.2, 0.25) is 5.76 Å². The van der Waals surface area contributed by atoms with Gasteiger partial charge in [0.05, 0.1) is 12.0 Å². The quantitative estimate of drug-likeness (QED) is 0.439. The minimum Gasteiger partial charge on any atom is -0.489 e. The van der Waals surface area contributed by atoms with E-state index in [0.29, 0.717) is 17.9 Å². The van der Waals surface area contributed by atoms with Gasteiger partial charge >= 0.3 is 5.91 Å². The fraction of sp³-hybridized carbons (Fsp3) is 0.174. The van der Waals surface area contributed by atoms with Crippen molar-refractivity contribution in [3.63, 3.8) is 0 Å². The number of fused-ring (bicyclic) bond motifs is 1. The minimum atomic E-state index is -0.398. The highest BCUT2D eigenvalue weighted by Gasteiger charge is 2.22. The van der Waals surface area contributed by atoms with E-state index in [9.17, 15) is 4.79 Å². The highest BCUT2D eigenvalue weighted by molar-refractivity contribution is 6.02. The fourth-order valence-corrected chi connectivity index (χ4v) is 2.90. The van der Waals surface area contributed by atoms with E-state index in [-0.39, 0.29) is 5.76 Å². The topological polar surface area (TPSA) is 63.5 Å². The van der Waals surface area contributed by atoms with E-state index >= 15 is 0 Å². The van der Waals surface area contributed by atoms with E-state index in [1.54, 1.807) is 0 Å². The number of hydrogen-bond acceptors (Lipinski definition) is 4.